The van der Waals surface area contributed by atoms with Gasteiger partial charge in [0.1, 0.15) is 12.1 Å². The van der Waals surface area contributed by atoms with Gasteiger partial charge in [-0.05, 0) is 25.7 Å². The summed E-state index contributed by atoms with van der Waals surface area (Å²) in [6.45, 7) is 3.55. The lowest BCUT2D eigenvalue weighted by Crippen LogP contribution is -2.48. The Kier molecular flexibility index (Phi) is 3.43. The molecule has 23 heavy (non-hydrogen) atoms. The van der Waals surface area contributed by atoms with E-state index in [0.29, 0.717) is 12.1 Å². The molecule has 4 rings (SSSR count). The van der Waals surface area contributed by atoms with E-state index in [1.807, 2.05) is 18.1 Å². The maximum Gasteiger partial charge on any atom is 0.219 e. The van der Waals surface area contributed by atoms with Gasteiger partial charge in [0.25, 0.3) is 0 Å². The Morgan fingerprint density at radius 1 is 1.17 bits per heavy atom. The molecule has 7 heteroatoms. The van der Waals surface area contributed by atoms with Gasteiger partial charge in [-0.1, -0.05) is 0 Å². The van der Waals surface area contributed by atoms with Crippen LogP contribution >= 0.6 is 0 Å². The molecule has 2 aliphatic heterocycles. The molecule has 0 aliphatic carbocycles. The Balaban J connectivity index is 1.71. The van der Waals surface area contributed by atoms with Gasteiger partial charge in [-0.2, -0.15) is 5.10 Å². The lowest BCUT2D eigenvalue weighted by Gasteiger charge is -2.35. The lowest BCUT2D eigenvalue weighted by atomic mass is 10.0. The summed E-state index contributed by atoms with van der Waals surface area (Å²) in [5.41, 5.74) is 0.857. The largest absolute Gasteiger partial charge is 0.351 e. The van der Waals surface area contributed by atoms with Crippen LogP contribution in [0.3, 0.4) is 0 Å². The van der Waals surface area contributed by atoms with Gasteiger partial charge < -0.3 is 9.80 Å². The summed E-state index contributed by atoms with van der Waals surface area (Å²) in [6, 6.07) is 0.649. The molecule has 2 aromatic heterocycles. The standard InChI is InChI=1S/C16H22N6O/c1-11(23)21-7-3-5-13(21)14-6-4-8-22(14)16-12-9-19-20(2)15(12)17-10-18-16/h9-10,13-14H,3-8H2,1-2H3/t13-,14+/m0/s1. The van der Waals surface area contributed by atoms with E-state index >= 15 is 0 Å². The third kappa shape index (κ3) is 2.26. The topological polar surface area (TPSA) is 67.2 Å². The van der Waals surface area contributed by atoms with Gasteiger partial charge in [0.2, 0.25) is 5.91 Å². The molecule has 0 N–H and O–H groups in total. The molecule has 2 aliphatic rings. The quantitative estimate of drug-likeness (QED) is 0.837. The predicted molar refractivity (Wildman–Crippen MR) is 87.1 cm³/mol. The second-order valence-electron chi connectivity index (χ2n) is 6.53. The Labute approximate surface area is 135 Å². The Morgan fingerprint density at radius 3 is 2.78 bits per heavy atom. The van der Waals surface area contributed by atoms with Gasteiger partial charge in [-0.3, -0.25) is 9.48 Å². The van der Waals surface area contributed by atoms with Crippen molar-refractivity contribution < 1.29 is 4.79 Å². The molecule has 7 nitrogen and oxygen atoms in total. The van der Waals surface area contributed by atoms with Crippen LogP contribution in [0.4, 0.5) is 5.82 Å². The van der Waals surface area contributed by atoms with Crippen LogP contribution in [0.2, 0.25) is 0 Å². The minimum atomic E-state index is 0.188. The molecule has 0 bridgehead atoms. The molecule has 1 amide bonds. The number of hydrogen-bond acceptors (Lipinski definition) is 5. The van der Waals surface area contributed by atoms with Crippen molar-refractivity contribution in [1.29, 1.82) is 0 Å². The van der Waals surface area contributed by atoms with Gasteiger partial charge in [-0.25, -0.2) is 9.97 Å². The Morgan fingerprint density at radius 2 is 1.96 bits per heavy atom. The number of aryl methyl sites for hydroxylation is 1. The summed E-state index contributed by atoms with van der Waals surface area (Å²) in [7, 11) is 1.90. The SMILES string of the molecule is CC(=O)N1CCC[C@H]1[C@H]1CCCN1c1ncnc2c1cnn2C. The van der Waals surface area contributed by atoms with E-state index in [0.717, 1.165) is 55.6 Å². The van der Waals surface area contributed by atoms with E-state index in [-0.39, 0.29) is 5.91 Å². The molecule has 2 fully saturated rings. The van der Waals surface area contributed by atoms with E-state index in [1.165, 1.54) is 0 Å². The molecule has 0 unspecified atom stereocenters. The molecule has 0 aromatic carbocycles. The molecule has 0 radical (unpaired) electrons. The molecule has 2 atom stereocenters. The van der Waals surface area contributed by atoms with Crippen molar-refractivity contribution in [3.63, 3.8) is 0 Å². The van der Waals surface area contributed by atoms with Crippen molar-refractivity contribution in [1.82, 2.24) is 24.6 Å². The molecule has 2 aromatic rings. The van der Waals surface area contributed by atoms with Crippen LogP contribution in [0.1, 0.15) is 32.6 Å². The van der Waals surface area contributed by atoms with Gasteiger partial charge >= 0.3 is 0 Å². The fourth-order valence-corrected chi connectivity index (χ4v) is 4.22. The van der Waals surface area contributed by atoms with Crippen LogP contribution in [-0.4, -0.2) is 55.7 Å². The maximum atomic E-state index is 11.9. The Hall–Kier alpha value is -2.18. The zero-order chi connectivity index (χ0) is 16.0. The second kappa shape index (κ2) is 5.47. The highest BCUT2D eigenvalue weighted by molar-refractivity contribution is 5.87. The average Bonchev–Trinajstić information content (AvgIpc) is 3.25. The van der Waals surface area contributed by atoms with Gasteiger partial charge in [0.05, 0.1) is 23.7 Å². The van der Waals surface area contributed by atoms with E-state index in [4.69, 9.17) is 0 Å². The number of nitrogens with zero attached hydrogens (tertiary/aromatic N) is 6. The third-order valence-electron chi connectivity index (χ3n) is 5.23. The first kappa shape index (κ1) is 14.4. The van der Waals surface area contributed by atoms with Crippen molar-refractivity contribution in [2.24, 2.45) is 7.05 Å². The highest BCUT2D eigenvalue weighted by Crippen LogP contribution is 2.35. The van der Waals surface area contributed by atoms with Crippen LogP contribution < -0.4 is 4.90 Å². The number of aromatic nitrogens is 4. The normalized spacial score (nSPS) is 24.8. The molecular formula is C16H22N6O. The summed E-state index contributed by atoms with van der Waals surface area (Å²) in [5, 5.41) is 5.31. The fourth-order valence-electron chi connectivity index (χ4n) is 4.22. The average molecular weight is 314 g/mol. The number of fused-ring (bicyclic) bond motifs is 1. The highest BCUT2D eigenvalue weighted by atomic mass is 16.2. The van der Waals surface area contributed by atoms with Gasteiger partial charge in [-0.15, -0.1) is 0 Å². The lowest BCUT2D eigenvalue weighted by molar-refractivity contribution is -0.129. The molecule has 4 heterocycles. The van der Waals surface area contributed by atoms with Crippen LogP contribution in [0.15, 0.2) is 12.5 Å². The van der Waals surface area contributed by atoms with Crippen molar-refractivity contribution in [3.8, 4) is 0 Å². The number of rotatable bonds is 2. The zero-order valence-corrected chi connectivity index (χ0v) is 13.6. The molecule has 0 spiro atoms. The second-order valence-corrected chi connectivity index (χ2v) is 6.53. The monoisotopic (exact) mass is 314 g/mol. The minimum absolute atomic E-state index is 0.188. The molecule has 122 valence electrons. The van der Waals surface area contributed by atoms with Crippen molar-refractivity contribution in [2.45, 2.75) is 44.7 Å². The first-order valence-corrected chi connectivity index (χ1v) is 8.33. The summed E-state index contributed by atoms with van der Waals surface area (Å²) in [5.74, 6) is 1.15. The minimum Gasteiger partial charge on any atom is -0.351 e. The maximum absolute atomic E-state index is 11.9. The van der Waals surface area contributed by atoms with Gasteiger partial charge in [0, 0.05) is 27.1 Å². The van der Waals surface area contributed by atoms with E-state index in [9.17, 15) is 4.79 Å². The van der Waals surface area contributed by atoms with Crippen LogP contribution in [0, 0.1) is 0 Å². The van der Waals surface area contributed by atoms with Gasteiger partial charge in [0.15, 0.2) is 5.65 Å². The number of carbonyl (C=O) groups is 1. The third-order valence-corrected chi connectivity index (χ3v) is 5.23. The predicted octanol–water partition coefficient (Wildman–Crippen LogP) is 1.34. The summed E-state index contributed by atoms with van der Waals surface area (Å²) >= 11 is 0. The fraction of sp³-hybridized carbons (Fsp3) is 0.625. The van der Waals surface area contributed by atoms with Crippen LogP contribution in [0.25, 0.3) is 11.0 Å². The summed E-state index contributed by atoms with van der Waals surface area (Å²) in [6.07, 6.45) is 7.89. The highest BCUT2D eigenvalue weighted by Gasteiger charge is 2.39. The van der Waals surface area contributed by atoms with Crippen molar-refractivity contribution >= 4 is 22.8 Å². The number of amides is 1. The number of likely N-dealkylation sites (tertiary alicyclic amines) is 1. The number of hydrogen-bond donors (Lipinski definition) is 0. The first-order chi connectivity index (χ1) is 11.2. The number of anilines is 1. The number of carbonyl (C=O) groups excluding carboxylic acids is 1. The first-order valence-electron chi connectivity index (χ1n) is 8.33. The van der Waals surface area contributed by atoms with E-state index in [2.05, 4.69) is 20.0 Å². The van der Waals surface area contributed by atoms with Crippen LogP contribution in [-0.2, 0) is 11.8 Å². The van der Waals surface area contributed by atoms with E-state index in [1.54, 1.807) is 17.9 Å². The van der Waals surface area contributed by atoms with Crippen molar-refractivity contribution in [3.05, 3.63) is 12.5 Å². The molecule has 2 saturated heterocycles. The summed E-state index contributed by atoms with van der Waals surface area (Å²) < 4.78 is 1.78. The Bertz CT molecular complexity index is 741. The summed E-state index contributed by atoms with van der Waals surface area (Å²) in [4.78, 5) is 25.2. The smallest absolute Gasteiger partial charge is 0.219 e. The van der Waals surface area contributed by atoms with E-state index < -0.39 is 0 Å². The molecular weight excluding hydrogens is 292 g/mol. The van der Waals surface area contributed by atoms with Crippen LogP contribution in [0.5, 0.6) is 0 Å². The van der Waals surface area contributed by atoms with Crippen molar-refractivity contribution in [2.75, 3.05) is 18.0 Å². The molecule has 0 saturated carbocycles. The zero-order valence-electron chi connectivity index (χ0n) is 13.6.